The van der Waals surface area contributed by atoms with E-state index in [-0.39, 0.29) is 5.82 Å². The van der Waals surface area contributed by atoms with Crippen molar-refractivity contribution >= 4 is 0 Å². The van der Waals surface area contributed by atoms with E-state index in [1.807, 2.05) is 0 Å². The summed E-state index contributed by atoms with van der Waals surface area (Å²) in [6, 6.07) is 6.18. The maximum Gasteiger partial charge on any atom is 0.123 e. The number of hydrogen-bond donors (Lipinski definition) is 2. The van der Waals surface area contributed by atoms with E-state index in [1.165, 1.54) is 12.1 Å². The molecule has 19 heavy (non-hydrogen) atoms. The molecular formula is C15H19FN2O. The molecule has 102 valence electrons. The van der Waals surface area contributed by atoms with Crippen LogP contribution >= 0.6 is 0 Å². The van der Waals surface area contributed by atoms with E-state index in [2.05, 4.69) is 17.1 Å². The number of aromatic nitrogens is 2. The first-order valence-electron chi connectivity index (χ1n) is 6.69. The van der Waals surface area contributed by atoms with Gasteiger partial charge in [-0.3, -0.25) is 5.10 Å². The maximum atomic E-state index is 12.9. The van der Waals surface area contributed by atoms with Gasteiger partial charge in [0.25, 0.3) is 0 Å². The van der Waals surface area contributed by atoms with Gasteiger partial charge in [0, 0.05) is 11.1 Å². The molecule has 0 aliphatic heterocycles. The van der Waals surface area contributed by atoms with Gasteiger partial charge in [-0.05, 0) is 30.7 Å². The second kappa shape index (κ2) is 6.48. The SMILES string of the molecule is CCCCCC(O)c1cn[nH]c1-c1ccc(F)cc1. The van der Waals surface area contributed by atoms with Crippen molar-refractivity contribution in [1.29, 1.82) is 0 Å². The van der Waals surface area contributed by atoms with E-state index in [0.717, 1.165) is 42.5 Å². The summed E-state index contributed by atoms with van der Waals surface area (Å²) in [4.78, 5) is 0. The maximum absolute atomic E-state index is 12.9. The number of halogens is 1. The highest BCUT2D eigenvalue weighted by Crippen LogP contribution is 2.28. The van der Waals surface area contributed by atoms with Crippen LogP contribution in [0.3, 0.4) is 0 Å². The zero-order valence-electron chi connectivity index (χ0n) is 11.1. The minimum atomic E-state index is -0.523. The molecule has 2 rings (SSSR count). The van der Waals surface area contributed by atoms with Crippen molar-refractivity contribution in [2.24, 2.45) is 0 Å². The van der Waals surface area contributed by atoms with Gasteiger partial charge in [0.15, 0.2) is 0 Å². The van der Waals surface area contributed by atoms with E-state index < -0.39 is 6.10 Å². The summed E-state index contributed by atoms with van der Waals surface area (Å²) in [6.45, 7) is 2.13. The highest BCUT2D eigenvalue weighted by Gasteiger charge is 2.15. The molecule has 0 saturated carbocycles. The highest BCUT2D eigenvalue weighted by atomic mass is 19.1. The van der Waals surface area contributed by atoms with Crippen molar-refractivity contribution in [2.75, 3.05) is 0 Å². The molecule has 2 N–H and O–H groups in total. The van der Waals surface area contributed by atoms with E-state index in [9.17, 15) is 9.50 Å². The molecule has 0 aliphatic carbocycles. The second-order valence-corrected chi connectivity index (χ2v) is 4.72. The Morgan fingerprint density at radius 1 is 1.26 bits per heavy atom. The number of nitrogens with zero attached hydrogens (tertiary/aromatic N) is 1. The first-order valence-corrected chi connectivity index (χ1v) is 6.69. The molecule has 0 aliphatic rings. The Bertz CT molecular complexity index is 507. The Morgan fingerprint density at radius 3 is 2.68 bits per heavy atom. The molecule has 1 aromatic carbocycles. The topological polar surface area (TPSA) is 48.9 Å². The normalized spacial score (nSPS) is 12.6. The summed E-state index contributed by atoms with van der Waals surface area (Å²) in [7, 11) is 0. The third kappa shape index (κ3) is 3.41. The van der Waals surface area contributed by atoms with E-state index >= 15 is 0 Å². The summed E-state index contributed by atoms with van der Waals surface area (Å²) < 4.78 is 12.9. The van der Waals surface area contributed by atoms with Crippen LogP contribution in [0.25, 0.3) is 11.3 Å². The molecule has 1 atom stereocenters. The summed E-state index contributed by atoms with van der Waals surface area (Å²) in [5.41, 5.74) is 2.38. The second-order valence-electron chi connectivity index (χ2n) is 4.72. The van der Waals surface area contributed by atoms with Gasteiger partial charge in [-0.1, -0.05) is 26.2 Å². The first-order chi connectivity index (χ1) is 9.22. The predicted octanol–water partition coefficient (Wildman–Crippen LogP) is 3.83. The van der Waals surface area contributed by atoms with Crippen molar-refractivity contribution in [1.82, 2.24) is 10.2 Å². The van der Waals surface area contributed by atoms with Gasteiger partial charge >= 0.3 is 0 Å². The van der Waals surface area contributed by atoms with Gasteiger partial charge < -0.3 is 5.11 Å². The standard InChI is InChI=1S/C15H19FN2O/c1-2-3-4-5-14(19)13-10-17-18-15(13)11-6-8-12(16)9-7-11/h6-10,14,19H,2-5H2,1H3,(H,17,18). The molecule has 0 saturated heterocycles. The van der Waals surface area contributed by atoms with Crippen molar-refractivity contribution < 1.29 is 9.50 Å². The fourth-order valence-corrected chi connectivity index (χ4v) is 2.14. The quantitative estimate of drug-likeness (QED) is 0.777. The predicted molar refractivity (Wildman–Crippen MR) is 73.1 cm³/mol. The van der Waals surface area contributed by atoms with Crippen molar-refractivity contribution in [2.45, 2.75) is 38.7 Å². The minimum absolute atomic E-state index is 0.270. The molecule has 0 amide bonds. The van der Waals surface area contributed by atoms with Crippen LogP contribution in [0.15, 0.2) is 30.5 Å². The lowest BCUT2D eigenvalue weighted by molar-refractivity contribution is 0.164. The largest absolute Gasteiger partial charge is 0.388 e. The summed E-state index contributed by atoms with van der Waals surface area (Å²) in [5, 5.41) is 17.1. The van der Waals surface area contributed by atoms with Crippen molar-refractivity contribution in [3.63, 3.8) is 0 Å². The van der Waals surface area contributed by atoms with Crippen LogP contribution in [-0.2, 0) is 0 Å². The van der Waals surface area contributed by atoms with Crippen LogP contribution in [0.5, 0.6) is 0 Å². The monoisotopic (exact) mass is 262 g/mol. The van der Waals surface area contributed by atoms with Crippen LogP contribution in [0.1, 0.15) is 44.3 Å². The fourth-order valence-electron chi connectivity index (χ4n) is 2.14. The van der Waals surface area contributed by atoms with Crippen LogP contribution in [0.2, 0.25) is 0 Å². The number of aliphatic hydroxyl groups is 1. The van der Waals surface area contributed by atoms with Crippen molar-refractivity contribution in [3.05, 3.63) is 41.8 Å². The van der Waals surface area contributed by atoms with Crippen LogP contribution in [-0.4, -0.2) is 15.3 Å². The van der Waals surface area contributed by atoms with Gasteiger partial charge in [-0.2, -0.15) is 5.10 Å². The van der Waals surface area contributed by atoms with Crippen molar-refractivity contribution in [3.8, 4) is 11.3 Å². The van der Waals surface area contributed by atoms with Crippen LogP contribution in [0.4, 0.5) is 4.39 Å². The van der Waals surface area contributed by atoms with Gasteiger partial charge in [0.1, 0.15) is 5.82 Å². The molecular weight excluding hydrogens is 243 g/mol. The van der Waals surface area contributed by atoms with Gasteiger partial charge in [0.2, 0.25) is 0 Å². The smallest absolute Gasteiger partial charge is 0.123 e. The van der Waals surface area contributed by atoms with E-state index in [1.54, 1.807) is 18.3 Å². The fraction of sp³-hybridized carbons (Fsp3) is 0.400. The molecule has 0 spiro atoms. The summed E-state index contributed by atoms with van der Waals surface area (Å²) >= 11 is 0. The van der Waals surface area contributed by atoms with Gasteiger partial charge in [-0.15, -0.1) is 0 Å². The van der Waals surface area contributed by atoms with E-state index in [4.69, 9.17) is 0 Å². The molecule has 1 heterocycles. The third-order valence-electron chi connectivity index (χ3n) is 3.24. The third-order valence-corrected chi connectivity index (χ3v) is 3.24. The Hall–Kier alpha value is -1.68. The zero-order valence-corrected chi connectivity index (χ0v) is 11.1. The molecule has 0 bridgehead atoms. The number of aromatic amines is 1. The number of H-pyrrole nitrogens is 1. The molecule has 0 fully saturated rings. The Balaban J connectivity index is 2.15. The van der Waals surface area contributed by atoms with Crippen LogP contribution < -0.4 is 0 Å². The Labute approximate surface area is 112 Å². The number of unbranched alkanes of at least 4 members (excludes halogenated alkanes) is 2. The van der Waals surface area contributed by atoms with Gasteiger partial charge in [0.05, 0.1) is 18.0 Å². The summed E-state index contributed by atoms with van der Waals surface area (Å²) in [5.74, 6) is -0.270. The average Bonchev–Trinajstić information content (AvgIpc) is 2.89. The highest BCUT2D eigenvalue weighted by molar-refractivity contribution is 5.62. The lowest BCUT2D eigenvalue weighted by Crippen LogP contribution is -1.98. The summed E-state index contributed by atoms with van der Waals surface area (Å²) in [6.07, 6.45) is 5.08. The average molecular weight is 262 g/mol. The number of benzene rings is 1. The number of nitrogens with one attached hydrogen (secondary N) is 1. The van der Waals surface area contributed by atoms with E-state index in [0.29, 0.717) is 0 Å². The lowest BCUT2D eigenvalue weighted by atomic mass is 10.0. The number of hydrogen-bond acceptors (Lipinski definition) is 2. The number of aliphatic hydroxyl groups excluding tert-OH is 1. The zero-order chi connectivity index (χ0) is 13.7. The Morgan fingerprint density at radius 2 is 2.00 bits per heavy atom. The van der Waals surface area contributed by atoms with Crippen LogP contribution in [0, 0.1) is 5.82 Å². The molecule has 2 aromatic rings. The lowest BCUT2D eigenvalue weighted by Gasteiger charge is -2.10. The first kappa shape index (κ1) is 13.7. The van der Waals surface area contributed by atoms with Gasteiger partial charge in [-0.25, -0.2) is 4.39 Å². The molecule has 4 heteroatoms. The Kier molecular flexibility index (Phi) is 4.68. The molecule has 3 nitrogen and oxygen atoms in total. The molecule has 0 radical (unpaired) electrons. The minimum Gasteiger partial charge on any atom is -0.388 e. The molecule has 1 unspecified atom stereocenters. The number of rotatable bonds is 6. The molecule has 1 aromatic heterocycles.